The number of nitrogens with one attached hydrogen (secondary N) is 2. The molecule has 1 saturated heterocycles. The lowest BCUT2D eigenvalue weighted by Crippen LogP contribution is -2.37. The van der Waals surface area contributed by atoms with Crippen LogP contribution < -0.4 is 10.0 Å². The van der Waals surface area contributed by atoms with Crippen molar-refractivity contribution in [3.8, 4) is 0 Å². The molecular weight excluding hydrogens is 318 g/mol. The lowest BCUT2D eigenvalue weighted by atomic mass is 10.2. The molecule has 1 heterocycles. The van der Waals surface area contributed by atoms with E-state index in [4.69, 9.17) is 0 Å². The summed E-state index contributed by atoms with van der Waals surface area (Å²) in [5.74, 6) is -0.169. The van der Waals surface area contributed by atoms with Crippen molar-refractivity contribution in [2.45, 2.75) is 24.6 Å². The SMILES string of the molecule is Cl.O=[N+]([O-])c1ccc(CS(=O)(=O)NCC2CCCN2)cc1. The highest BCUT2D eigenvalue weighted by Crippen LogP contribution is 2.13. The van der Waals surface area contributed by atoms with Crippen LogP contribution in [0.5, 0.6) is 0 Å². The normalized spacial score (nSPS) is 18.2. The minimum atomic E-state index is -3.42. The van der Waals surface area contributed by atoms with Gasteiger partial charge in [-0.05, 0) is 24.9 Å². The van der Waals surface area contributed by atoms with Gasteiger partial charge in [0.05, 0.1) is 10.7 Å². The van der Waals surface area contributed by atoms with E-state index >= 15 is 0 Å². The van der Waals surface area contributed by atoms with Gasteiger partial charge < -0.3 is 5.32 Å². The van der Waals surface area contributed by atoms with Crippen LogP contribution in [-0.2, 0) is 15.8 Å². The van der Waals surface area contributed by atoms with Crippen molar-refractivity contribution < 1.29 is 13.3 Å². The lowest BCUT2D eigenvalue weighted by Gasteiger charge is -2.12. The fraction of sp³-hybridized carbons (Fsp3) is 0.500. The van der Waals surface area contributed by atoms with Crippen molar-refractivity contribution in [2.75, 3.05) is 13.1 Å². The van der Waals surface area contributed by atoms with Crippen LogP contribution in [0.15, 0.2) is 24.3 Å². The van der Waals surface area contributed by atoms with Crippen LogP contribution in [0.4, 0.5) is 5.69 Å². The summed E-state index contributed by atoms with van der Waals surface area (Å²) in [4.78, 5) is 10.0. The molecule has 0 aliphatic carbocycles. The Morgan fingerprint density at radius 3 is 2.52 bits per heavy atom. The molecule has 0 radical (unpaired) electrons. The Labute approximate surface area is 129 Å². The standard InChI is InChI=1S/C12H17N3O4S.ClH/c16-15(17)12-5-3-10(4-6-12)9-20(18,19)14-8-11-2-1-7-13-11;/h3-6,11,13-14H,1-2,7-9H2;1H. The van der Waals surface area contributed by atoms with Crippen LogP contribution in [0.2, 0.25) is 0 Å². The smallest absolute Gasteiger partial charge is 0.269 e. The molecule has 118 valence electrons. The second-order valence-electron chi connectivity index (χ2n) is 4.82. The Morgan fingerprint density at radius 1 is 1.33 bits per heavy atom. The number of halogens is 1. The summed E-state index contributed by atoms with van der Waals surface area (Å²) in [5.41, 5.74) is 0.483. The summed E-state index contributed by atoms with van der Waals surface area (Å²) in [6, 6.07) is 5.74. The third-order valence-corrected chi connectivity index (χ3v) is 4.54. The van der Waals surface area contributed by atoms with Gasteiger partial charge in [0.1, 0.15) is 0 Å². The highest BCUT2D eigenvalue weighted by Gasteiger charge is 2.18. The summed E-state index contributed by atoms with van der Waals surface area (Å²) in [7, 11) is -3.42. The average Bonchev–Trinajstić information content (AvgIpc) is 2.90. The minimum Gasteiger partial charge on any atom is -0.313 e. The van der Waals surface area contributed by atoms with Crippen molar-refractivity contribution in [3.63, 3.8) is 0 Å². The lowest BCUT2D eigenvalue weighted by molar-refractivity contribution is -0.384. The van der Waals surface area contributed by atoms with Crippen LogP contribution in [0.3, 0.4) is 0 Å². The van der Waals surface area contributed by atoms with Gasteiger partial charge in [0.15, 0.2) is 0 Å². The molecule has 1 aliphatic rings. The van der Waals surface area contributed by atoms with Gasteiger partial charge in [-0.3, -0.25) is 10.1 Å². The topological polar surface area (TPSA) is 101 Å². The molecule has 1 aromatic rings. The van der Waals surface area contributed by atoms with Crippen molar-refractivity contribution in [2.24, 2.45) is 0 Å². The molecule has 0 bridgehead atoms. The fourth-order valence-corrected chi connectivity index (χ4v) is 3.33. The van der Waals surface area contributed by atoms with Crippen LogP contribution in [0, 0.1) is 10.1 Å². The van der Waals surface area contributed by atoms with Crippen molar-refractivity contribution in [1.82, 2.24) is 10.0 Å². The Kier molecular flexibility index (Phi) is 6.53. The molecule has 0 aromatic heterocycles. The summed E-state index contributed by atoms with van der Waals surface area (Å²) in [5, 5.41) is 13.7. The molecule has 7 nitrogen and oxygen atoms in total. The molecule has 1 aliphatic heterocycles. The number of benzene rings is 1. The molecule has 1 fully saturated rings. The maximum Gasteiger partial charge on any atom is 0.269 e. The summed E-state index contributed by atoms with van der Waals surface area (Å²) in [6.07, 6.45) is 2.04. The van der Waals surface area contributed by atoms with Gasteiger partial charge in [0.25, 0.3) is 5.69 Å². The largest absolute Gasteiger partial charge is 0.313 e. The number of nitro groups is 1. The predicted octanol–water partition coefficient (Wildman–Crippen LogP) is 1.19. The second kappa shape index (κ2) is 7.69. The van der Waals surface area contributed by atoms with E-state index in [2.05, 4.69) is 10.0 Å². The van der Waals surface area contributed by atoms with E-state index in [-0.39, 0.29) is 29.9 Å². The number of rotatable bonds is 6. The van der Waals surface area contributed by atoms with Crippen LogP contribution in [0.25, 0.3) is 0 Å². The molecule has 21 heavy (non-hydrogen) atoms. The van der Waals surface area contributed by atoms with E-state index in [1.54, 1.807) is 0 Å². The number of hydrogen-bond acceptors (Lipinski definition) is 5. The van der Waals surface area contributed by atoms with Crippen molar-refractivity contribution >= 4 is 28.1 Å². The van der Waals surface area contributed by atoms with E-state index in [1.807, 2.05) is 0 Å². The van der Waals surface area contributed by atoms with E-state index in [0.717, 1.165) is 19.4 Å². The van der Waals surface area contributed by atoms with Gasteiger partial charge in [-0.25, -0.2) is 13.1 Å². The highest BCUT2D eigenvalue weighted by molar-refractivity contribution is 7.88. The third kappa shape index (κ3) is 5.58. The maximum absolute atomic E-state index is 11.9. The maximum atomic E-state index is 11.9. The number of sulfonamides is 1. The molecule has 1 atom stereocenters. The van der Waals surface area contributed by atoms with E-state index in [9.17, 15) is 18.5 Å². The molecule has 2 N–H and O–H groups in total. The summed E-state index contributed by atoms with van der Waals surface area (Å²) in [6.45, 7) is 1.31. The quantitative estimate of drug-likeness (QED) is 0.600. The molecule has 9 heteroatoms. The van der Waals surface area contributed by atoms with Gasteiger partial charge in [0.2, 0.25) is 10.0 Å². The molecule has 2 rings (SSSR count). The summed E-state index contributed by atoms with van der Waals surface area (Å²) < 4.78 is 26.4. The number of hydrogen-bond donors (Lipinski definition) is 2. The summed E-state index contributed by atoms with van der Waals surface area (Å²) >= 11 is 0. The third-order valence-electron chi connectivity index (χ3n) is 3.22. The zero-order valence-corrected chi connectivity index (χ0v) is 13.0. The van der Waals surface area contributed by atoms with Crippen molar-refractivity contribution in [1.29, 1.82) is 0 Å². The number of nitro benzene ring substituents is 1. The van der Waals surface area contributed by atoms with E-state index in [1.165, 1.54) is 24.3 Å². The Hall–Kier alpha value is -1.22. The monoisotopic (exact) mass is 335 g/mol. The fourth-order valence-electron chi connectivity index (χ4n) is 2.14. The van der Waals surface area contributed by atoms with Gasteiger partial charge in [-0.2, -0.15) is 0 Å². The van der Waals surface area contributed by atoms with E-state index in [0.29, 0.717) is 12.1 Å². The molecule has 0 amide bonds. The first-order valence-electron chi connectivity index (χ1n) is 6.40. The second-order valence-corrected chi connectivity index (χ2v) is 6.63. The van der Waals surface area contributed by atoms with Crippen molar-refractivity contribution in [3.05, 3.63) is 39.9 Å². The van der Waals surface area contributed by atoms with Gasteiger partial charge in [-0.15, -0.1) is 12.4 Å². The predicted molar refractivity (Wildman–Crippen MR) is 82.0 cm³/mol. The molecular formula is C12H18ClN3O4S. The zero-order chi connectivity index (χ0) is 14.6. The zero-order valence-electron chi connectivity index (χ0n) is 11.3. The highest BCUT2D eigenvalue weighted by atomic mass is 35.5. The number of nitrogens with zero attached hydrogens (tertiary/aromatic N) is 1. The van der Waals surface area contributed by atoms with Gasteiger partial charge in [0, 0.05) is 24.7 Å². The van der Waals surface area contributed by atoms with Crippen LogP contribution in [-0.4, -0.2) is 32.5 Å². The Bertz CT molecular complexity index is 571. The van der Waals surface area contributed by atoms with E-state index < -0.39 is 14.9 Å². The number of non-ortho nitro benzene ring substituents is 1. The average molecular weight is 336 g/mol. The minimum absolute atomic E-state index is 0. The molecule has 0 spiro atoms. The Balaban J connectivity index is 0.00000220. The molecule has 1 unspecified atom stereocenters. The van der Waals surface area contributed by atoms with Crippen LogP contribution in [0.1, 0.15) is 18.4 Å². The first-order valence-corrected chi connectivity index (χ1v) is 8.05. The first-order chi connectivity index (χ1) is 9.46. The Morgan fingerprint density at radius 2 is 2.00 bits per heavy atom. The molecule has 1 aromatic carbocycles. The van der Waals surface area contributed by atoms with Gasteiger partial charge >= 0.3 is 0 Å². The molecule has 0 saturated carbocycles. The first kappa shape index (κ1) is 17.8. The van der Waals surface area contributed by atoms with Gasteiger partial charge in [-0.1, -0.05) is 12.1 Å². The van der Waals surface area contributed by atoms with Crippen LogP contribution >= 0.6 is 12.4 Å².